The van der Waals surface area contributed by atoms with Crippen LogP contribution in [0.15, 0.2) is 47.2 Å². The van der Waals surface area contributed by atoms with Crippen LogP contribution in [0.2, 0.25) is 0 Å². The molecule has 6 nitrogen and oxygen atoms in total. The van der Waals surface area contributed by atoms with Crippen LogP contribution in [0.1, 0.15) is 17.2 Å². The van der Waals surface area contributed by atoms with Gasteiger partial charge in [-0.1, -0.05) is 30.3 Å². The average Bonchev–Trinajstić information content (AvgIpc) is 3.08. The van der Waals surface area contributed by atoms with Crippen LogP contribution < -0.4 is 5.32 Å². The number of amides is 1. The number of aliphatic hydroxyl groups is 1. The third kappa shape index (κ3) is 6.11. The molecule has 2 rings (SSSR count). The highest BCUT2D eigenvalue weighted by molar-refractivity contribution is 7.07. The van der Waals surface area contributed by atoms with Crippen LogP contribution in [0, 0.1) is 0 Å². The Morgan fingerprint density at radius 1 is 1.21 bits per heavy atom. The zero-order chi connectivity index (χ0) is 17.4. The van der Waals surface area contributed by atoms with Gasteiger partial charge in [-0.15, -0.1) is 0 Å². The highest BCUT2D eigenvalue weighted by atomic mass is 32.1. The Morgan fingerprint density at radius 3 is 2.58 bits per heavy atom. The molecule has 1 atom stereocenters. The maximum Gasteiger partial charge on any atom is 0.322 e. The largest absolute Gasteiger partial charge is 0.480 e. The van der Waals surface area contributed by atoms with Crippen molar-refractivity contribution in [1.29, 1.82) is 0 Å². The number of nitrogens with zero attached hydrogens (tertiary/aromatic N) is 1. The highest BCUT2D eigenvalue weighted by Gasteiger charge is 2.17. The second-order valence-electron chi connectivity index (χ2n) is 5.40. The standard InChI is InChI=1S/C17H20N2O4S/c20-15(14-6-7-24-12-14)10-19(9-13-4-2-1-3-5-13)11-16(21)18-8-17(22)23/h1-7,12,15,20H,8-11H2,(H,18,21)(H,22,23). The maximum absolute atomic E-state index is 11.9. The summed E-state index contributed by atoms with van der Waals surface area (Å²) in [5.74, 6) is -1.47. The van der Waals surface area contributed by atoms with Gasteiger partial charge in [0, 0.05) is 13.1 Å². The maximum atomic E-state index is 11.9. The summed E-state index contributed by atoms with van der Waals surface area (Å²) in [5.41, 5.74) is 1.82. The molecule has 1 unspecified atom stereocenters. The lowest BCUT2D eigenvalue weighted by molar-refractivity contribution is -0.138. The fourth-order valence-electron chi connectivity index (χ4n) is 2.27. The molecule has 2 aromatic rings. The fourth-order valence-corrected chi connectivity index (χ4v) is 2.98. The molecule has 0 saturated carbocycles. The van der Waals surface area contributed by atoms with Gasteiger partial charge in [-0.25, -0.2) is 0 Å². The number of benzene rings is 1. The van der Waals surface area contributed by atoms with Crippen molar-refractivity contribution in [3.05, 3.63) is 58.3 Å². The molecule has 1 amide bonds. The molecule has 0 aliphatic carbocycles. The third-order valence-electron chi connectivity index (χ3n) is 3.41. The molecule has 1 aromatic heterocycles. The quantitative estimate of drug-likeness (QED) is 0.639. The molecule has 0 saturated heterocycles. The molecule has 24 heavy (non-hydrogen) atoms. The Balaban J connectivity index is 2.00. The first kappa shape index (κ1) is 18.1. The van der Waals surface area contributed by atoms with Gasteiger partial charge >= 0.3 is 5.97 Å². The van der Waals surface area contributed by atoms with Gasteiger partial charge < -0.3 is 15.5 Å². The molecule has 7 heteroatoms. The van der Waals surface area contributed by atoms with Crippen molar-refractivity contribution in [2.45, 2.75) is 12.6 Å². The van der Waals surface area contributed by atoms with Gasteiger partial charge in [0.25, 0.3) is 0 Å². The number of rotatable bonds is 9. The number of aliphatic carboxylic acids is 1. The second-order valence-corrected chi connectivity index (χ2v) is 6.18. The molecule has 0 aliphatic rings. The predicted octanol–water partition coefficient (Wildman–Crippen LogP) is 1.48. The van der Waals surface area contributed by atoms with Crippen molar-refractivity contribution in [1.82, 2.24) is 10.2 Å². The second kappa shape index (κ2) is 9.17. The van der Waals surface area contributed by atoms with Crippen LogP contribution in [0.5, 0.6) is 0 Å². The monoisotopic (exact) mass is 348 g/mol. The van der Waals surface area contributed by atoms with Gasteiger partial charge in [-0.2, -0.15) is 11.3 Å². The number of hydrogen-bond donors (Lipinski definition) is 3. The van der Waals surface area contributed by atoms with Gasteiger partial charge in [-0.05, 0) is 28.0 Å². The summed E-state index contributed by atoms with van der Waals surface area (Å²) in [5, 5.41) is 25.1. The molecule has 3 N–H and O–H groups in total. The smallest absolute Gasteiger partial charge is 0.322 e. The summed E-state index contributed by atoms with van der Waals surface area (Å²) in [4.78, 5) is 24.3. The van der Waals surface area contributed by atoms with E-state index in [0.29, 0.717) is 6.54 Å². The fraction of sp³-hybridized carbons (Fsp3) is 0.294. The molecule has 1 heterocycles. The van der Waals surface area contributed by atoms with Gasteiger partial charge in [-0.3, -0.25) is 14.5 Å². The summed E-state index contributed by atoms with van der Waals surface area (Å²) in [6.45, 7) is 0.378. The lowest BCUT2D eigenvalue weighted by Gasteiger charge is -2.24. The van der Waals surface area contributed by atoms with E-state index < -0.39 is 18.6 Å². The minimum Gasteiger partial charge on any atom is -0.480 e. The molecule has 0 radical (unpaired) electrons. The molecular weight excluding hydrogens is 328 g/mol. The van der Waals surface area contributed by atoms with E-state index in [1.165, 1.54) is 11.3 Å². The number of carbonyl (C=O) groups excluding carboxylic acids is 1. The average molecular weight is 348 g/mol. The van der Waals surface area contributed by atoms with E-state index in [-0.39, 0.29) is 19.0 Å². The van der Waals surface area contributed by atoms with Crippen molar-refractivity contribution in [3.63, 3.8) is 0 Å². The number of carboxylic acids is 1. The van der Waals surface area contributed by atoms with Crippen LogP contribution in [0.4, 0.5) is 0 Å². The van der Waals surface area contributed by atoms with Crippen LogP contribution in [-0.2, 0) is 16.1 Å². The third-order valence-corrected chi connectivity index (χ3v) is 4.11. The van der Waals surface area contributed by atoms with Crippen molar-refractivity contribution in [2.75, 3.05) is 19.6 Å². The molecule has 128 valence electrons. The van der Waals surface area contributed by atoms with E-state index in [2.05, 4.69) is 5.32 Å². The van der Waals surface area contributed by atoms with E-state index >= 15 is 0 Å². The SMILES string of the molecule is O=C(O)CNC(=O)CN(Cc1ccccc1)CC(O)c1ccsc1. The summed E-state index contributed by atoms with van der Waals surface area (Å²) in [6, 6.07) is 11.5. The minimum atomic E-state index is -1.09. The number of nitrogens with one attached hydrogen (secondary N) is 1. The minimum absolute atomic E-state index is 0.0172. The first-order chi connectivity index (χ1) is 11.5. The zero-order valence-electron chi connectivity index (χ0n) is 13.1. The molecule has 0 spiro atoms. The normalized spacial score (nSPS) is 12.1. The molecule has 1 aromatic carbocycles. The van der Waals surface area contributed by atoms with Crippen LogP contribution in [0.25, 0.3) is 0 Å². The van der Waals surface area contributed by atoms with Gasteiger partial charge in [0.1, 0.15) is 6.54 Å². The van der Waals surface area contributed by atoms with Crippen molar-refractivity contribution >= 4 is 23.2 Å². The van der Waals surface area contributed by atoms with E-state index in [4.69, 9.17) is 5.11 Å². The lowest BCUT2D eigenvalue weighted by atomic mass is 10.1. The Kier molecular flexibility index (Phi) is 6.92. The topological polar surface area (TPSA) is 89.9 Å². The van der Waals surface area contributed by atoms with Gasteiger partial charge in [0.05, 0.1) is 12.6 Å². The van der Waals surface area contributed by atoms with Crippen molar-refractivity contribution in [2.24, 2.45) is 0 Å². The van der Waals surface area contributed by atoms with Crippen LogP contribution >= 0.6 is 11.3 Å². The Hall–Kier alpha value is -2.22. The van der Waals surface area contributed by atoms with E-state index in [0.717, 1.165) is 11.1 Å². The van der Waals surface area contributed by atoms with Crippen molar-refractivity contribution in [3.8, 4) is 0 Å². The highest BCUT2D eigenvalue weighted by Crippen LogP contribution is 2.18. The summed E-state index contributed by atoms with van der Waals surface area (Å²) >= 11 is 1.50. The lowest BCUT2D eigenvalue weighted by Crippen LogP contribution is -2.40. The Morgan fingerprint density at radius 2 is 1.96 bits per heavy atom. The summed E-state index contributed by atoms with van der Waals surface area (Å²) in [7, 11) is 0. The number of carbonyl (C=O) groups is 2. The number of hydrogen-bond acceptors (Lipinski definition) is 5. The Labute approximate surface area is 144 Å². The molecule has 0 aliphatic heterocycles. The number of aliphatic hydroxyl groups excluding tert-OH is 1. The van der Waals surface area contributed by atoms with Crippen LogP contribution in [0.3, 0.4) is 0 Å². The summed E-state index contributed by atoms with van der Waals surface area (Å²) < 4.78 is 0. The zero-order valence-corrected chi connectivity index (χ0v) is 13.9. The predicted molar refractivity (Wildman–Crippen MR) is 91.6 cm³/mol. The number of thiophene rings is 1. The van der Waals surface area contributed by atoms with Gasteiger partial charge in [0.15, 0.2) is 0 Å². The molecule has 0 bridgehead atoms. The molecular formula is C17H20N2O4S. The first-order valence-electron chi connectivity index (χ1n) is 7.49. The van der Waals surface area contributed by atoms with Crippen LogP contribution in [-0.4, -0.2) is 46.6 Å². The van der Waals surface area contributed by atoms with E-state index in [9.17, 15) is 14.7 Å². The van der Waals surface area contributed by atoms with E-state index in [1.54, 1.807) is 4.90 Å². The first-order valence-corrected chi connectivity index (χ1v) is 8.44. The molecule has 0 fully saturated rings. The van der Waals surface area contributed by atoms with Crippen molar-refractivity contribution < 1.29 is 19.8 Å². The summed E-state index contributed by atoms with van der Waals surface area (Å²) in [6.07, 6.45) is -0.702. The number of carboxylic acid groups (broad SMARTS) is 1. The Bertz CT molecular complexity index is 646. The van der Waals surface area contributed by atoms with Gasteiger partial charge in [0.2, 0.25) is 5.91 Å². The van der Waals surface area contributed by atoms with E-state index in [1.807, 2.05) is 47.2 Å².